The molecule has 2 nitrogen and oxygen atoms in total. The molecule has 0 aromatic heterocycles. The zero-order valence-electron chi connectivity index (χ0n) is 17.2. The molecule has 3 unspecified atom stereocenters. The third-order valence-corrected chi connectivity index (χ3v) is 8.67. The SMILES string of the molecule is CN(C)[S+](=O)(c1ccccc1)C1C(c2ccccc2)C1c1ccccc1.F[B-](F)(F)F. The quantitative estimate of drug-likeness (QED) is 0.255. The number of nitrogens with zero attached hydrogens (tertiary/aromatic N) is 1. The van der Waals surface area contributed by atoms with Gasteiger partial charge in [0, 0.05) is 25.9 Å². The van der Waals surface area contributed by atoms with Crippen molar-refractivity contribution >= 4 is 17.4 Å². The van der Waals surface area contributed by atoms with Crippen molar-refractivity contribution in [2.45, 2.75) is 22.0 Å². The van der Waals surface area contributed by atoms with Crippen LogP contribution in [0.15, 0.2) is 95.9 Å². The summed E-state index contributed by atoms with van der Waals surface area (Å²) in [6.07, 6.45) is 0. The zero-order valence-corrected chi connectivity index (χ0v) is 18.1. The number of hydrogen-bond donors (Lipinski definition) is 0. The monoisotopic (exact) mass is 449 g/mol. The first-order chi connectivity index (χ1) is 14.6. The van der Waals surface area contributed by atoms with Gasteiger partial charge in [-0.1, -0.05) is 83.1 Å². The molecule has 8 heteroatoms. The molecule has 1 aliphatic rings. The summed E-state index contributed by atoms with van der Waals surface area (Å²) in [5, 5.41) is 0.0738. The van der Waals surface area contributed by atoms with E-state index < -0.39 is 17.4 Å². The molecule has 31 heavy (non-hydrogen) atoms. The van der Waals surface area contributed by atoms with Crippen LogP contribution in [0.5, 0.6) is 0 Å². The number of halogens is 4. The van der Waals surface area contributed by atoms with Crippen molar-refractivity contribution in [3.05, 3.63) is 102 Å². The molecule has 0 bridgehead atoms. The molecule has 1 fully saturated rings. The van der Waals surface area contributed by atoms with E-state index in [1.807, 2.05) is 60.9 Å². The fourth-order valence-electron chi connectivity index (χ4n) is 4.05. The standard InChI is InChI=1S/C23H24NOS.BF4/c1-24(2)26(25,20-16-10-5-11-17-20)23-21(18-12-6-3-7-13-18)22(23)19-14-8-4-9-15-19;2-1(3,4)5/h3-17,21-23H,1-2H3;/q+1;-1. The van der Waals surface area contributed by atoms with Crippen molar-refractivity contribution in [1.29, 1.82) is 0 Å². The van der Waals surface area contributed by atoms with E-state index in [-0.39, 0.29) is 17.1 Å². The largest absolute Gasteiger partial charge is 0.673 e. The van der Waals surface area contributed by atoms with Crippen molar-refractivity contribution < 1.29 is 21.5 Å². The summed E-state index contributed by atoms with van der Waals surface area (Å²) in [5.41, 5.74) is 2.55. The van der Waals surface area contributed by atoms with E-state index >= 15 is 0 Å². The van der Waals surface area contributed by atoms with Crippen LogP contribution in [0.3, 0.4) is 0 Å². The van der Waals surface area contributed by atoms with E-state index in [4.69, 9.17) is 0 Å². The molecule has 164 valence electrons. The minimum atomic E-state index is -6.00. The second kappa shape index (κ2) is 9.36. The van der Waals surface area contributed by atoms with Gasteiger partial charge in [0.1, 0.15) is 0 Å². The molecule has 0 spiro atoms. The smallest absolute Gasteiger partial charge is 0.418 e. The summed E-state index contributed by atoms with van der Waals surface area (Å²) in [4.78, 5) is 0.925. The molecule has 1 saturated carbocycles. The maximum Gasteiger partial charge on any atom is 0.673 e. The van der Waals surface area contributed by atoms with E-state index in [9.17, 15) is 21.5 Å². The molecular formula is C23H24BF4NOS. The lowest BCUT2D eigenvalue weighted by Crippen LogP contribution is -2.35. The Kier molecular flexibility index (Phi) is 7.01. The van der Waals surface area contributed by atoms with Gasteiger partial charge in [-0.15, -0.1) is 4.31 Å². The molecular weight excluding hydrogens is 425 g/mol. The van der Waals surface area contributed by atoms with Crippen LogP contribution in [-0.4, -0.2) is 30.9 Å². The van der Waals surface area contributed by atoms with Crippen molar-refractivity contribution in [2.24, 2.45) is 0 Å². The average Bonchev–Trinajstić information content (AvgIpc) is 3.50. The van der Waals surface area contributed by atoms with E-state index in [1.54, 1.807) is 0 Å². The highest BCUT2D eigenvalue weighted by molar-refractivity contribution is 8.01. The van der Waals surface area contributed by atoms with Crippen LogP contribution in [0.2, 0.25) is 0 Å². The highest BCUT2D eigenvalue weighted by Gasteiger charge is 2.68. The first-order valence-electron chi connectivity index (χ1n) is 9.87. The summed E-state index contributed by atoms with van der Waals surface area (Å²) in [6, 6.07) is 31.0. The summed E-state index contributed by atoms with van der Waals surface area (Å²) < 4.78 is 55.3. The van der Waals surface area contributed by atoms with Crippen LogP contribution in [-0.2, 0) is 14.3 Å². The average molecular weight is 449 g/mol. The van der Waals surface area contributed by atoms with Crippen molar-refractivity contribution in [3.63, 3.8) is 0 Å². The lowest BCUT2D eigenvalue weighted by Gasteiger charge is -2.18. The molecule has 0 saturated heterocycles. The summed E-state index contributed by atoms with van der Waals surface area (Å²) in [7, 11) is -4.47. The molecule has 3 aromatic carbocycles. The van der Waals surface area contributed by atoms with Gasteiger partial charge < -0.3 is 17.3 Å². The highest BCUT2D eigenvalue weighted by atomic mass is 32.3. The summed E-state index contributed by atoms with van der Waals surface area (Å²) in [6.45, 7) is 0. The van der Waals surface area contributed by atoms with Crippen molar-refractivity contribution in [3.8, 4) is 0 Å². The Morgan fingerprint density at radius 3 is 1.32 bits per heavy atom. The van der Waals surface area contributed by atoms with Crippen LogP contribution in [0.1, 0.15) is 23.0 Å². The predicted molar refractivity (Wildman–Crippen MR) is 119 cm³/mol. The van der Waals surface area contributed by atoms with Gasteiger partial charge in [0.2, 0.25) is 0 Å². The summed E-state index contributed by atoms with van der Waals surface area (Å²) >= 11 is 0. The predicted octanol–water partition coefficient (Wildman–Crippen LogP) is 6.27. The van der Waals surface area contributed by atoms with Gasteiger partial charge in [0.15, 0.2) is 20.3 Å². The number of hydrogen-bond acceptors (Lipinski definition) is 1. The van der Waals surface area contributed by atoms with Crippen molar-refractivity contribution in [1.82, 2.24) is 4.31 Å². The molecule has 0 heterocycles. The van der Waals surface area contributed by atoms with Gasteiger partial charge in [0.25, 0.3) is 0 Å². The Bertz CT molecular complexity index is 965. The maximum absolute atomic E-state index is 14.3. The van der Waals surface area contributed by atoms with Crippen LogP contribution in [0.4, 0.5) is 17.3 Å². The van der Waals surface area contributed by atoms with Gasteiger partial charge in [0.05, 0.1) is 0 Å². The van der Waals surface area contributed by atoms with Crippen LogP contribution < -0.4 is 0 Å². The van der Waals surface area contributed by atoms with Gasteiger partial charge in [-0.3, -0.25) is 0 Å². The molecule has 3 atom stereocenters. The van der Waals surface area contributed by atoms with Crippen LogP contribution >= 0.6 is 0 Å². The third kappa shape index (κ3) is 5.43. The minimum absolute atomic E-state index is 0.0738. The Balaban J connectivity index is 0.000000491. The number of rotatable bonds is 5. The lowest BCUT2D eigenvalue weighted by molar-refractivity contribution is 0.368. The molecule has 4 rings (SSSR count). The minimum Gasteiger partial charge on any atom is -0.418 e. The lowest BCUT2D eigenvalue weighted by atomic mass is 10.0. The van der Waals surface area contributed by atoms with Gasteiger partial charge >= 0.3 is 7.25 Å². The molecule has 0 N–H and O–H groups in total. The molecule has 0 aliphatic heterocycles. The van der Waals surface area contributed by atoms with Gasteiger partial charge in [-0.2, -0.15) is 0 Å². The zero-order chi connectivity index (χ0) is 22.6. The van der Waals surface area contributed by atoms with Gasteiger partial charge in [-0.05, 0) is 23.3 Å². The molecule has 3 aromatic rings. The third-order valence-electron chi connectivity index (χ3n) is 5.32. The molecule has 1 aliphatic carbocycles. The number of benzene rings is 3. The molecule has 0 amide bonds. The second-order valence-corrected chi connectivity index (χ2v) is 10.4. The maximum atomic E-state index is 14.3. The van der Waals surface area contributed by atoms with E-state index in [1.165, 1.54) is 11.1 Å². The van der Waals surface area contributed by atoms with Crippen molar-refractivity contribution in [2.75, 3.05) is 14.1 Å². The van der Waals surface area contributed by atoms with E-state index in [0.29, 0.717) is 0 Å². The van der Waals surface area contributed by atoms with Gasteiger partial charge in [-0.25, -0.2) is 0 Å². The van der Waals surface area contributed by atoms with Crippen LogP contribution in [0.25, 0.3) is 0 Å². The van der Waals surface area contributed by atoms with E-state index in [2.05, 4.69) is 48.5 Å². The normalized spacial score (nSPS) is 22.2. The Morgan fingerprint density at radius 2 is 1.00 bits per heavy atom. The first kappa shape index (κ1) is 23.2. The molecule has 0 radical (unpaired) electrons. The Hall–Kier alpha value is -2.45. The second-order valence-electron chi connectivity index (χ2n) is 7.53. The highest BCUT2D eigenvalue weighted by Crippen LogP contribution is 2.62. The Labute approximate surface area is 181 Å². The fourth-order valence-corrected chi connectivity index (χ4v) is 7.18. The Morgan fingerprint density at radius 1 is 0.677 bits per heavy atom. The summed E-state index contributed by atoms with van der Waals surface area (Å²) in [5.74, 6) is 0.544. The van der Waals surface area contributed by atoms with Crippen LogP contribution in [0, 0.1) is 0 Å². The fraction of sp³-hybridized carbons (Fsp3) is 0.217. The first-order valence-corrected chi connectivity index (χ1v) is 11.4. The topological polar surface area (TPSA) is 20.3 Å². The van der Waals surface area contributed by atoms with E-state index in [0.717, 1.165) is 4.90 Å².